The number of hydrogen-bond donors (Lipinski definition) is 1. The smallest absolute Gasteiger partial charge is 0.137 e. The Morgan fingerprint density at radius 2 is 1.40 bits per heavy atom. The first-order valence-electron chi connectivity index (χ1n) is 11.1. The lowest BCUT2D eigenvalue weighted by molar-refractivity contribution is 0.345. The number of nitrogens with zero attached hydrogens (tertiary/aromatic N) is 2. The van der Waals surface area contributed by atoms with Gasteiger partial charge in [-0.3, -0.25) is 10.0 Å². The molecule has 3 nitrogen and oxygen atoms in total. The predicted octanol–water partition coefficient (Wildman–Crippen LogP) is 6.26. The third kappa shape index (κ3) is 12.2. The molecule has 0 aromatic heterocycles. The van der Waals surface area contributed by atoms with Gasteiger partial charge in [0.15, 0.2) is 0 Å². The fraction of sp³-hybridized carbons (Fsp3) is 0.864. The van der Waals surface area contributed by atoms with Crippen LogP contribution in [0, 0.1) is 0 Å². The molecule has 1 rings (SSSR count). The van der Waals surface area contributed by atoms with E-state index in [2.05, 4.69) is 41.4 Å². The normalized spacial score (nSPS) is 14.6. The van der Waals surface area contributed by atoms with Gasteiger partial charge in [-0.25, -0.2) is 5.43 Å². The average Bonchev–Trinajstić information content (AvgIpc) is 3.06. The third-order valence-electron chi connectivity index (χ3n) is 4.96. The largest absolute Gasteiger partial charge is 0.291 e. The lowest BCUT2D eigenvalue weighted by Gasteiger charge is -2.18. The summed E-state index contributed by atoms with van der Waals surface area (Å²) in [5.41, 5.74) is 3.35. The van der Waals surface area contributed by atoms with Gasteiger partial charge in [0.2, 0.25) is 0 Å². The van der Waals surface area contributed by atoms with E-state index in [9.17, 15) is 0 Å². The highest BCUT2D eigenvalue weighted by Gasteiger charge is 2.12. The molecule has 0 spiro atoms. The highest BCUT2D eigenvalue weighted by atomic mass is 15.5. The summed E-state index contributed by atoms with van der Waals surface area (Å²) >= 11 is 0. The fourth-order valence-electron chi connectivity index (χ4n) is 3.43. The zero-order valence-electron chi connectivity index (χ0n) is 17.1. The second-order valence-corrected chi connectivity index (χ2v) is 7.34. The van der Waals surface area contributed by atoms with Crippen LogP contribution >= 0.6 is 0 Å². The lowest BCUT2D eigenvalue weighted by atomic mass is 10.0. The summed E-state index contributed by atoms with van der Waals surface area (Å²) in [4.78, 5) is 4.53. The van der Waals surface area contributed by atoms with Gasteiger partial charge in [0, 0.05) is 6.54 Å². The fourth-order valence-corrected chi connectivity index (χ4v) is 3.43. The van der Waals surface area contributed by atoms with Crippen LogP contribution in [0.15, 0.2) is 17.1 Å². The van der Waals surface area contributed by atoms with E-state index < -0.39 is 0 Å². The third-order valence-corrected chi connectivity index (χ3v) is 4.96. The molecule has 146 valence electrons. The van der Waals surface area contributed by atoms with Gasteiger partial charge in [-0.2, -0.15) is 0 Å². The van der Waals surface area contributed by atoms with Gasteiger partial charge in [0.1, 0.15) is 5.84 Å². The number of nitrogens with one attached hydrogen (secondary N) is 1. The first-order chi connectivity index (χ1) is 12.4. The van der Waals surface area contributed by atoms with E-state index in [0.29, 0.717) is 0 Å². The van der Waals surface area contributed by atoms with Crippen molar-refractivity contribution in [3.05, 3.63) is 12.2 Å². The van der Waals surface area contributed by atoms with Gasteiger partial charge in [0.25, 0.3) is 0 Å². The van der Waals surface area contributed by atoms with Crippen molar-refractivity contribution >= 4 is 5.84 Å². The minimum absolute atomic E-state index is 0.922. The van der Waals surface area contributed by atoms with Crippen LogP contribution in [0.3, 0.4) is 0 Å². The van der Waals surface area contributed by atoms with Crippen LogP contribution in [-0.4, -0.2) is 30.5 Å². The highest BCUT2D eigenvalue weighted by Crippen LogP contribution is 2.13. The molecule has 0 saturated heterocycles. The molecular weight excluding hydrogens is 306 g/mol. The molecule has 25 heavy (non-hydrogen) atoms. The Bertz CT molecular complexity index is 349. The molecule has 1 aliphatic rings. The van der Waals surface area contributed by atoms with E-state index in [1.165, 1.54) is 89.9 Å². The number of rotatable bonds is 17. The Balaban J connectivity index is 1.82. The van der Waals surface area contributed by atoms with Crippen LogP contribution in [0.25, 0.3) is 0 Å². The van der Waals surface area contributed by atoms with Gasteiger partial charge in [-0.15, -0.1) is 0 Å². The maximum atomic E-state index is 4.53. The molecule has 0 radical (unpaired) electrons. The van der Waals surface area contributed by atoms with Crippen LogP contribution in [0.1, 0.15) is 104 Å². The van der Waals surface area contributed by atoms with Gasteiger partial charge in [-0.1, -0.05) is 97.0 Å². The van der Waals surface area contributed by atoms with Crippen LogP contribution in [0.2, 0.25) is 0 Å². The number of aliphatic imine (C=N–C) groups is 1. The second kappa shape index (κ2) is 16.6. The van der Waals surface area contributed by atoms with E-state index in [0.717, 1.165) is 25.5 Å². The number of amidine groups is 1. The minimum atomic E-state index is 0.922. The molecule has 0 atom stereocenters. The van der Waals surface area contributed by atoms with Gasteiger partial charge in [-0.05, 0) is 18.9 Å². The zero-order valence-corrected chi connectivity index (χ0v) is 17.1. The van der Waals surface area contributed by atoms with Gasteiger partial charge >= 0.3 is 0 Å². The van der Waals surface area contributed by atoms with Crippen LogP contribution in [-0.2, 0) is 0 Å². The Morgan fingerprint density at radius 1 is 0.840 bits per heavy atom. The first kappa shape index (κ1) is 22.2. The summed E-state index contributed by atoms with van der Waals surface area (Å²) in [5.74, 6) is 1.11. The topological polar surface area (TPSA) is 27.6 Å². The van der Waals surface area contributed by atoms with E-state index in [1.54, 1.807) is 0 Å². The summed E-state index contributed by atoms with van der Waals surface area (Å²) in [6, 6.07) is 0. The Hall–Kier alpha value is -0.830. The first-order valence-corrected chi connectivity index (χ1v) is 11.1. The molecule has 1 aliphatic heterocycles. The van der Waals surface area contributed by atoms with Crippen molar-refractivity contribution in [3.8, 4) is 0 Å². The second-order valence-electron chi connectivity index (χ2n) is 7.34. The van der Waals surface area contributed by atoms with Crippen LogP contribution in [0.5, 0.6) is 0 Å². The molecule has 0 saturated carbocycles. The molecule has 1 N–H and O–H groups in total. The van der Waals surface area contributed by atoms with Crippen molar-refractivity contribution in [3.63, 3.8) is 0 Å². The molecule has 0 aliphatic carbocycles. The summed E-state index contributed by atoms with van der Waals surface area (Å²) in [5, 5.41) is 2.17. The quantitative estimate of drug-likeness (QED) is 0.314. The van der Waals surface area contributed by atoms with Crippen molar-refractivity contribution in [2.24, 2.45) is 4.99 Å². The average molecular weight is 350 g/mol. The van der Waals surface area contributed by atoms with Crippen molar-refractivity contribution in [1.82, 2.24) is 10.4 Å². The van der Waals surface area contributed by atoms with E-state index in [1.807, 2.05) is 0 Å². The van der Waals surface area contributed by atoms with Crippen molar-refractivity contribution in [2.75, 3.05) is 19.6 Å². The molecule has 0 unspecified atom stereocenters. The Morgan fingerprint density at radius 3 is 1.96 bits per heavy atom. The standard InChI is InChI=1S/C22H43N3/c1-3-5-6-7-8-9-10-11-12-13-14-15-16-17-18-19-22-23-20-21-25(22)24-4-2/h18-19,24H,3-17,20-21H2,1-2H3. The number of hydrazine groups is 1. The van der Waals surface area contributed by atoms with Crippen molar-refractivity contribution in [1.29, 1.82) is 0 Å². The Labute approximate surface area is 157 Å². The summed E-state index contributed by atoms with van der Waals surface area (Å²) < 4.78 is 0. The maximum absolute atomic E-state index is 4.53. The van der Waals surface area contributed by atoms with Gasteiger partial charge < -0.3 is 0 Å². The molecule has 0 aromatic rings. The number of hydrogen-bond acceptors (Lipinski definition) is 3. The molecular formula is C22H43N3. The molecule has 0 aromatic carbocycles. The molecule has 0 fully saturated rings. The van der Waals surface area contributed by atoms with E-state index in [4.69, 9.17) is 0 Å². The molecule has 0 bridgehead atoms. The summed E-state index contributed by atoms with van der Waals surface area (Å²) in [6.07, 6.45) is 24.2. The molecule has 1 heterocycles. The molecule has 0 amide bonds. The summed E-state index contributed by atoms with van der Waals surface area (Å²) in [7, 11) is 0. The number of unbranched alkanes of at least 4 members (excludes halogenated alkanes) is 13. The van der Waals surface area contributed by atoms with Crippen LogP contribution < -0.4 is 5.43 Å². The lowest BCUT2D eigenvalue weighted by Crippen LogP contribution is -2.39. The minimum Gasteiger partial charge on any atom is -0.291 e. The number of allylic oxidation sites excluding steroid dienone is 1. The molecule has 3 heteroatoms. The van der Waals surface area contributed by atoms with Crippen LogP contribution in [0.4, 0.5) is 0 Å². The van der Waals surface area contributed by atoms with Crippen molar-refractivity contribution < 1.29 is 0 Å². The summed E-state index contributed by atoms with van der Waals surface area (Å²) in [6.45, 7) is 7.32. The Kier molecular flexibility index (Phi) is 14.8. The SMILES string of the molecule is CCCCCCCCCCCCCCCC=CC1=NCCN1NCC. The monoisotopic (exact) mass is 349 g/mol. The van der Waals surface area contributed by atoms with E-state index >= 15 is 0 Å². The zero-order chi connectivity index (χ0) is 18.0. The predicted molar refractivity (Wildman–Crippen MR) is 112 cm³/mol. The maximum Gasteiger partial charge on any atom is 0.137 e. The highest BCUT2D eigenvalue weighted by molar-refractivity contribution is 5.93. The van der Waals surface area contributed by atoms with E-state index in [-0.39, 0.29) is 0 Å². The van der Waals surface area contributed by atoms with Crippen molar-refractivity contribution in [2.45, 2.75) is 104 Å². The van der Waals surface area contributed by atoms with Gasteiger partial charge in [0.05, 0.1) is 13.1 Å².